The number of amides is 1. The number of aryl methyl sites for hydroxylation is 1. The minimum absolute atomic E-state index is 0.137. The lowest BCUT2D eigenvalue weighted by Crippen LogP contribution is -2.33. The Hall–Kier alpha value is -3.00. The maximum absolute atomic E-state index is 12.1. The fourth-order valence-corrected chi connectivity index (χ4v) is 3.14. The van der Waals surface area contributed by atoms with E-state index in [9.17, 15) is 4.79 Å². The number of carbonyl (C=O) groups excluding carboxylic acids is 1. The molecule has 0 saturated carbocycles. The number of hydrogen-bond donors (Lipinski definition) is 1. The average Bonchev–Trinajstić information content (AvgIpc) is 3.26. The first-order valence-electron chi connectivity index (χ1n) is 8.60. The van der Waals surface area contributed by atoms with Gasteiger partial charge in [-0.1, -0.05) is 6.07 Å². The van der Waals surface area contributed by atoms with E-state index in [0.717, 1.165) is 37.7 Å². The van der Waals surface area contributed by atoms with Gasteiger partial charge in [0.15, 0.2) is 0 Å². The summed E-state index contributed by atoms with van der Waals surface area (Å²) in [5.41, 5.74) is 2.64. The number of imidazole rings is 1. The van der Waals surface area contributed by atoms with Crippen LogP contribution in [0.25, 0.3) is 0 Å². The zero-order valence-electron chi connectivity index (χ0n) is 14.7. The number of pyridine rings is 1. The molecule has 3 aromatic rings. The van der Waals surface area contributed by atoms with E-state index in [-0.39, 0.29) is 5.91 Å². The van der Waals surface area contributed by atoms with Gasteiger partial charge >= 0.3 is 0 Å². The second-order valence-corrected chi connectivity index (χ2v) is 6.50. The van der Waals surface area contributed by atoms with Gasteiger partial charge in [-0.3, -0.25) is 19.4 Å². The summed E-state index contributed by atoms with van der Waals surface area (Å²) in [5.74, 6) is 0.896. The van der Waals surface area contributed by atoms with E-state index in [1.807, 2.05) is 18.5 Å². The van der Waals surface area contributed by atoms with Gasteiger partial charge in [-0.25, -0.2) is 4.98 Å². The van der Waals surface area contributed by atoms with E-state index in [1.54, 1.807) is 30.3 Å². The Bertz CT molecular complexity index is 899. The first-order chi connectivity index (χ1) is 12.7. The van der Waals surface area contributed by atoms with Gasteiger partial charge in [0.05, 0.1) is 30.5 Å². The third-order valence-electron chi connectivity index (χ3n) is 4.46. The highest BCUT2D eigenvalue weighted by Crippen LogP contribution is 2.15. The Balaban J connectivity index is 1.36. The Morgan fingerprint density at radius 3 is 2.96 bits per heavy atom. The van der Waals surface area contributed by atoms with Crippen LogP contribution in [0.15, 0.2) is 43.1 Å². The van der Waals surface area contributed by atoms with Crippen molar-refractivity contribution in [3.63, 3.8) is 0 Å². The lowest BCUT2D eigenvalue weighted by atomic mass is 10.2. The second kappa shape index (κ2) is 7.09. The van der Waals surface area contributed by atoms with Crippen LogP contribution in [0.5, 0.6) is 0 Å². The van der Waals surface area contributed by atoms with Crippen molar-refractivity contribution in [2.75, 3.05) is 6.54 Å². The molecule has 8 heteroatoms. The SMILES string of the molecule is Cn1cc(C(=O)NCc2cn3c(n2)CN(Cc2cccnc2)CC3)cn1. The first kappa shape index (κ1) is 16.5. The van der Waals surface area contributed by atoms with Crippen LogP contribution < -0.4 is 5.32 Å². The van der Waals surface area contributed by atoms with Crippen molar-refractivity contribution < 1.29 is 4.79 Å². The van der Waals surface area contributed by atoms with E-state index in [2.05, 4.69) is 35.9 Å². The summed E-state index contributed by atoms with van der Waals surface area (Å²) in [5, 5.41) is 6.91. The number of nitrogens with one attached hydrogen (secondary N) is 1. The molecular formula is C18H21N7O. The predicted molar refractivity (Wildman–Crippen MR) is 95.0 cm³/mol. The van der Waals surface area contributed by atoms with Gasteiger partial charge in [-0.05, 0) is 11.6 Å². The van der Waals surface area contributed by atoms with Crippen molar-refractivity contribution in [1.29, 1.82) is 0 Å². The number of hydrogen-bond acceptors (Lipinski definition) is 5. The van der Waals surface area contributed by atoms with Crippen molar-refractivity contribution in [1.82, 2.24) is 34.5 Å². The molecule has 1 aliphatic heterocycles. The largest absolute Gasteiger partial charge is 0.346 e. The van der Waals surface area contributed by atoms with E-state index in [4.69, 9.17) is 0 Å². The van der Waals surface area contributed by atoms with Gasteiger partial charge in [0.1, 0.15) is 5.82 Å². The summed E-state index contributed by atoms with van der Waals surface area (Å²) in [6.07, 6.45) is 8.98. The van der Waals surface area contributed by atoms with E-state index in [1.165, 1.54) is 5.56 Å². The highest BCUT2D eigenvalue weighted by molar-refractivity contribution is 5.93. The van der Waals surface area contributed by atoms with Crippen molar-refractivity contribution in [3.05, 3.63) is 65.8 Å². The molecule has 4 heterocycles. The Labute approximate surface area is 151 Å². The minimum Gasteiger partial charge on any atom is -0.346 e. The fourth-order valence-electron chi connectivity index (χ4n) is 3.14. The standard InChI is InChI=1S/C18H21N7O/c1-23-11-15(8-21-23)18(26)20-9-16-12-25-6-5-24(13-17(25)22-16)10-14-3-2-4-19-7-14/h2-4,7-8,11-12H,5-6,9-10,13H2,1H3,(H,20,26). The number of aromatic nitrogens is 5. The van der Waals surface area contributed by atoms with Crippen molar-refractivity contribution in [2.24, 2.45) is 7.05 Å². The molecule has 3 aromatic heterocycles. The Morgan fingerprint density at radius 1 is 1.27 bits per heavy atom. The molecule has 0 fully saturated rings. The van der Waals surface area contributed by atoms with Crippen molar-refractivity contribution in [3.8, 4) is 0 Å². The van der Waals surface area contributed by atoms with Crippen LogP contribution in [0.2, 0.25) is 0 Å². The zero-order chi connectivity index (χ0) is 17.9. The van der Waals surface area contributed by atoms with Gasteiger partial charge in [0.2, 0.25) is 0 Å². The summed E-state index contributed by atoms with van der Waals surface area (Å²) >= 11 is 0. The smallest absolute Gasteiger partial charge is 0.254 e. The summed E-state index contributed by atoms with van der Waals surface area (Å²) < 4.78 is 3.78. The van der Waals surface area contributed by atoms with E-state index >= 15 is 0 Å². The summed E-state index contributed by atoms with van der Waals surface area (Å²) in [6, 6.07) is 4.05. The van der Waals surface area contributed by atoms with Crippen molar-refractivity contribution >= 4 is 5.91 Å². The average molecular weight is 351 g/mol. The van der Waals surface area contributed by atoms with Gasteiger partial charge in [0.25, 0.3) is 5.91 Å². The molecule has 0 bridgehead atoms. The molecule has 1 N–H and O–H groups in total. The molecule has 0 saturated heterocycles. The maximum Gasteiger partial charge on any atom is 0.254 e. The molecule has 134 valence electrons. The summed E-state index contributed by atoms with van der Waals surface area (Å²) in [4.78, 5) is 23.3. The topological polar surface area (TPSA) is 80.9 Å². The molecule has 0 radical (unpaired) electrons. The molecule has 8 nitrogen and oxygen atoms in total. The van der Waals surface area contributed by atoms with Gasteiger partial charge in [-0.2, -0.15) is 5.10 Å². The third kappa shape index (κ3) is 3.65. The normalized spacial score (nSPS) is 14.2. The third-order valence-corrected chi connectivity index (χ3v) is 4.46. The molecule has 1 aliphatic rings. The number of carbonyl (C=O) groups is 1. The van der Waals surface area contributed by atoms with Crippen LogP contribution in [0.1, 0.15) is 27.4 Å². The summed E-state index contributed by atoms with van der Waals surface area (Å²) in [7, 11) is 1.79. The lowest BCUT2D eigenvalue weighted by molar-refractivity contribution is 0.0950. The highest BCUT2D eigenvalue weighted by Gasteiger charge is 2.19. The van der Waals surface area contributed by atoms with Crippen LogP contribution in [0.3, 0.4) is 0 Å². The second-order valence-electron chi connectivity index (χ2n) is 6.50. The van der Waals surface area contributed by atoms with Crippen LogP contribution in [-0.4, -0.2) is 41.7 Å². The molecule has 1 amide bonds. The number of rotatable bonds is 5. The van der Waals surface area contributed by atoms with Crippen LogP contribution in [-0.2, 0) is 33.2 Å². The Kier molecular flexibility index (Phi) is 4.49. The van der Waals surface area contributed by atoms with E-state index < -0.39 is 0 Å². The molecule has 0 spiro atoms. The predicted octanol–water partition coefficient (Wildman–Crippen LogP) is 0.957. The maximum atomic E-state index is 12.1. The fraction of sp³-hybridized carbons (Fsp3) is 0.333. The molecule has 0 aromatic carbocycles. The van der Waals surface area contributed by atoms with Gasteiger partial charge in [0, 0.05) is 51.5 Å². The van der Waals surface area contributed by atoms with E-state index in [0.29, 0.717) is 12.1 Å². The molecule has 0 unspecified atom stereocenters. The lowest BCUT2D eigenvalue weighted by Gasteiger charge is -2.27. The summed E-state index contributed by atoms with van der Waals surface area (Å²) in [6.45, 7) is 3.95. The quantitative estimate of drug-likeness (QED) is 0.740. The molecule has 0 aliphatic carbocycles. The molecule has 26 heavy (non-hydrogen) atoms. The van der Waals surface area contributed by atoms with Crippen LogP contribution >= 0.6 is 0 Å². The highest BCUT2D eigenvalue weighted by atomic mass is 16.1. The Morgan fingerprint density at radius 2 is 2.19 bits per heavy atom. The monoisotopic (exact) mass is 351 g/mol. The minimum atomic E-state index is -0.137. The molecule has 4 rings (SSSR count). The van der Waals surface area contributed by atoms with Gasteiger partial charge in [-0.15, -0.1) is 0 Å². The van der Waals surface area contributed by atoms with Crippen LogP contribution in [0.4, 0.5) is 0 Å². The van der Waals surface area contributed by atoms with Crippen molar-refractivity contribution in [2.45, 2.75) is 26.2 Å². The number of nitrogens with zero attached hydrogens (tertiary/aromatic N) is 6. The zero-order valence-corrected chi connectivity index (χ0v) is 14.7. The molecular weight excluding hydrogens is 330 g/mol. The van der Waals surface area contributed by atoms with Crippen LogP contribution in [0, 0.1) is 0 Å². The molecule has 0 atom stereocenters. The first-order valence-corrected chi connectivity index (χ1v) is 8.60. The van der Waals surface area contributed by atoms with Gasteiger partial charge < -0.3 is 9.88 Å². The number of fused-ring (bicyclic) bond motifs is 1.